The molecule has 1 aromatic carbocycles. The maximum Gasteiger partial charge on any atom is 0.328 e. The number of hydrogen-bond acceptors (Lipinski definition) is 6. The number of piperidine rings is 1. The molecule has 4 N–H and O–H groups in total. The highest BCUT2D eigenvalue weighted by atomic mass is 35.5. The lowest BCUT2D eigenvalue weighted by Crippen LogP contribution is -2.67. The number of aliphatic carboxylic acids is 2. The van der Waals surface area contributed by atoms with Gasteiger partial charge < -0.3 is 25.7 Å². The number of hydrogen-bond donors (Lipinski definition) is 4. The number of piperazine rings is 1. The molecule has 2 amide bonds. The molecule has 2 heterocycles. The van der Waals surface area contributed by atoms with Crippen molar-refractivity contribution in [3.05, 3.63) is 41.4 Å². The lowest BCUT2D eigenvalue weighted by molar-refractivity contribution is -0.134. The molecule has 0 aromatic heterocycles. The number of anilines is 1. The highest BCUT2D eigenvalue weighted by molar-refractivity contribution is 6.33. The predicted octanol–water partition coefficient (Wildman–Crippen LogP) is 4.18. The molecule has 10 nitrogen and oxygen atoms in total. The Balaban J connectivity index is 0.000000583. The first-order chi connectivity index (χ1) is 20.4. The van der Waals surface area contributed by atoms with Crippen LogP contribution in [0.1, 0.15) is 59.8 Å². The van der Waals surface area contributed by atoms with E-state index in [1.807, 2.05) is 32.0 Å². The minimum absolute atomic E-state index is 0.00997. The summed E-state index contributed by atoms with van der Waals surface area (Å²) < 4.78 is 27.3. The van der Waals surface area contributed by atoms with Crippen LogP contribution in [0.5, 0.6) is 0 Å². The number of carbonyl (C=O) groups excluding carboxylic acids is 2. The van der Waals surface area contributed by atoms with E-state index in [1.165, 1.54) is 0 Å². The smallest absolute Gasteiger partial charge is 0.328 e. The normalized spacial score (nSPS) is 24.3. The highest BCUT2D eigenvalue weighted by Crippen LogP contribution is 2.41. The summed E-state index contributed by atoms with van der Waals surface area (Å²) in [5.41, 5.74) is -0.139. The minimum Gasteiger partial charge on any atom is -0.478 e. The Labute approximate surface area is 261 Å². The van der Waals surface area contributed by atoms with E-state index in [9.17, 15) is 28.0 Å². The third-order valence-electron chi connectivity index (χ3n) is 8.76. The predicted molar refractivity (Wildman–Crippen MR) is 163 cm³/mol. The molecule has 0 unspecified atom stereocenters. The van der Waals surface area contributed by atoms with Gasteiger partial charge >= 0.3 is 11.9 Å². The molecule has 244 valence electrons. The summed E-state index contributed by atoms with van der Waals surface area (Å²) in [6.45, 7) is 10.2. The fourth-order valence-corrected chi connectivity index (χ4v) is 6.54. The Morgan fingerprint density at radius 1 is 1.07 bits per heavy atom. The molecule has 2 atom stereocenters. The topological polar surface area (TPSA) is 139 Å². The van der Waals surface area contributed by atoms with Gasteiger partial charge in [-0.05, 0) is 65.0 Å². The molecular weight excluding hydrogens is 598 g/mol. The molecule has 0 spiro atoms. The molecule has 1 aromatic rings. The summed E-state index contributed by atoms with van der Waals surface area (Å²) in [5.74, 6) is -5.38. The van der Waals surface area contributed by atoms with Crippen LogP contribution < -0.4 is 15.5 Å². The van der Waals surface area contributed by atoms with E-state index < -0.39 is 23.4 Å². The van der Waals surface area contributed by atoms with Crippen LogP contribution in [-0.2, 0) is 19.2 Å². The molecule has 0 bridgehead atoms. The molecule has 0 radical (unpaired) electrons. The lowest BCUT2D eigenvalue weighted by Gasteiger charge is -2.51. The van der Waals surface area contributed by atoms with Crippen LogP contribution in [0.2, 0.25) is 5.02 Å². The Morgan fingerprint density at radius 2 is 1.66 bits per heavy atom. The second-order valence-corrected chi connectivity index (χ2v) is 13.4. The van der Waals surface area contributed by atoms with Crippen LogP contribution in [0.15, 0.2) is 36.4 Å². The van der Waals surface area contributed by atoms with Crippen molar-refractivity contribution in [3.8, 4) is 0 Å². The number of carbonyl (C=O) groups is 4. The van der Waals surface area contributed by atoms with Gasteiger partial charge in [0.15, 0.2) is 0 Å². The van der Waals surface area contributed by atoms with E-state index in [0.29, 0.717) is 56.1 Å². The molecule has 13 heteroatoms. The molecule has 2 aliphatic heterocycles. The van der Waals surface area contributed by atoms with Crippen molar-refractivity contribution in [2.75, 3.05) is 31.1 Å². The fourth-order valence-electron chi connectivity index (χ4n) is 6.31. The maximum atomic E-state index is 13.6. The van der Waals surface area contributed by atoms with Crippen LogP contribution in [0, 0.1) is 11.8 Å². The Bertz CT molecular complexity index is 1230. The third kappa shape index (κ3) is 9.45. The molecule has 3 fully saturated rings. The van der Waals surface area contributed by atoms with Gasteiger partial charge in [-0.3, -0.25) is 14.5 Å². The van der Waals surface area contributed by atoms with Gasteiger partial charge in [-0.25, -0.2) is 18.4 Å². The number of halogens is 3. The van der Waals surface area contributed by atoms with Crippen molar-refractivity contribution in [3.63, 3.8) is 0 Å². The van der Waals surface area contributed by atoms with E-state index in [0.717, 1.165) is 5.69 Å². The monoisotopic (exact) mass is 640 g/mol. The summed E-state index contributed by atoms with van der Waals surface area (Å²) in [5, 5.41) is 22.8. The summed E-state index contributed by atoms with van der Waals surface area (Å²) in [6.07, 6.45) is 2.35. The first kappa shape index (κ1) is 35.4. The van der Waals surface area contributed by atoms with Gasteiger partial charge in [-0.15, -0.1) is 0 Å². The van der Waals surface area contributed by atoms with Crippen molar-refractivity contribution < 1.29 is 38.2 Å². The van der Waals surface area contributed by atoms with Crippen molar-refractivity contribution in [2.24, 2.45) is 11.8 Å². The second kappa shape index (κ2) is 14.3. The summed E-state index contributed by atoms with van der Waals surface area (Å²) in [6, 6.07) is 7.41. The zero-order valence-electron chi connectivity index (χ0n) is 25.6. The van der Waals surface area contributed by atoms with E-state index in [4.69, 9.17) is 21.8 Å². The zero-order valence-corrected chi connectivity index (χ0v) is 26.4. The molecule has 1 saturated carbocycles. The Morgan fingerprint density at radius 3 is 2.23 bits per heavy atom. The molecule has 44 heavy (non-hydrogen) atoms. The van der Waals surface area contributed by atoms with Crippen molar-refractivity contribution in [1.29, 1.82) is 0 Å². The van der Waals surface area contributed by atoms with Crippen molar-refractivity contribution >= 4 is 41.0 Å². The number of rotatable bonds is 7. The van der Waals surface area contributed by atoms with Crippen molar-refractivity contribution in [2.45, 2.75) is 82.8 Å². The van der Waals surface area contributed by atoms with Gasteiger partial charge in [-0.1, -0.05) is 23.7 Å². The molecule has 4 rings (SSSR count). The SMILES string of the molecule is CC(C)(NC(=O)[C@@H]1CNC[C@H](N2CC(=O)N(c3ccccc3Cl)CC2(C)C)C1)C1CCC(F)(F)CC1.O=C(O)/C=C/C(=O)O. The number of alkyl halides is 2. The molecular formula is C31H43ClF2N4O6. The molecule has 1 aliphatic carbocycles. The minimum atomic E-state index is -2.59. The molecule has 3 aliphatic rings. The van der Waals surface area contributed by atoms with Crippen LogP contribution in [0.4, 0.5) is 14.5 Å². The Hall–Kier alpha value is -3.09. The van der Waals surface area contributed by atoms with Crippen LogP contribution >= 0.6 is 11.6 Å². The number of amides is 2. The largest absolute Gasteiger partial charge is 0.478 e. The fraction of sp³-hybridized carbons (Fsp3) is 0.613. The maximum absolute atomic E-state index is 13.6. The second-order valence-electron chi connectivity index (χ2n) is 13.0. The van der Waals surface area contributed by atoms with Gasteiger partial charge in [0.05, 0.1) is 23.2 Å². The third-order valence-corrected chi connectivity index (χ3v) is 9.08. The standard InChI is InChI=1S/C27H39ClF2N4O2.C4H4O4/c1-25(2)17-33(22-8-6-5-7-21(22)28)23(35)16-34(25)20-13-18(14-31-15-20)24(36)32-26(3,4)19-9-11-27(29,30)12-10-19;5-3(6)1-2-4(7)8/h5-8,18-20,31H,9-17H2,1-4H3,(H,32,36);1-2H,(H,5,6)(H,7,8)/b;2-1+/t18-,20+;/m0./s1. The highest BCUT2D eigenvalue weighted by Gasteiger charge is 2.45. The quantitative estimate of drug-likeness (QED) is 0.326. The van der Waals surface area contributed by atoms with Gasteiger partial charge in [0.1, 0.15) is 0 Å². The first-order valence-corrected chi connectivity index (χ1v) is 15.2. The number of carboxylic acids is 2. The number of para-hydroxylation sites is 1. The number of benzene rings is 1. The van der Waals surface area contributed by atoms with Gasteiger partial charge in [-0.2, -0.15) is 0 Å². The van der Waals surface area contributed by atoms with E-state index >= 15 is 0 Å². The van der Waals surface area contributed by atoms with Gasteiger partial charge in [0.25, 0.3) is 0 Å². The lowest BCUT2D eigenvalue weighted by atomic mass is 9.75. The van der Waals surface area contributed by atoms with Crippen molar-refractivity contribution in [1.82, 2.24) is 15.5 Å². The number of nitrogens with one attached hydrogen (secondary N) is 2. The summed E-state index contributed by atoms with van der Waals surface area (Å²) >= 11 is 6.38. The average molecular weight is 641 g/mol. The van der Waals surface area contributed by atoms with E-state index in [-0.39, 0.29) is 54.6 Å². The summed E-state index contributed by atoms with van der Waals surface area (Å²) in [4.78, 5) is 49.6. The zero-order chi connectivity index (χ0) is 32.9. The Kier molecular flexibility index (Phi) is 11.5. The van der Waals surface area contributed by atoms with Gasteiger partial charge in [0, 0.05) is 61.7 Å². The van der Waals surface area contributed by atoms with Crippen LogP contribution in [-0.4, -0.2) is 88.1 Å². The number of carboxylic acid groups (broad SMARTS) is 2. The molecule has 2 saturated heterocycles. The van der Waals surface area contributed by atoms with E-state index in [1.54, 1.807) is 11.0 Å². The van der Waals surface area contributed by atoms with E-state index in [2.05, 4.69) is 29.4 Å². The van der Waals surface area contributed by atoms with Crippen LogP contribution in [0.3, 0.4) is 0 Å². The average Bonchev–Trinajstić information content (AvgIpc) is 2.93. The first-order valence-electron chi connectivity index (χ1n) is 14.8. The van der Waals surface area contributed by atoms with Crippen LogP contribution in [0.25, 0.3) is 0 Å². The number of nitrogens with zero attached hydrogens (tertiary/aromatic N) is 2. The summed E-state index contributed by atoms with van der Waals surface area (Å²) in [7, 11) is 0. The van der Waals surface area contributed by atoms with Gasteiger partial charge in [0.2, 0.25) is 17.7 Å².